The Morgan fingerprint density at radius 2 is 2.05 bits per heavy atom. The molecule has 0 radical (unpaired) electrons. The minimum absolute atomic E-state index is 0.0302. The molecule has 0 bridgehead atoms. The number of nitrogens with one attached hydrogen (secondary N) is 1. The Labute approximate surface area is 117 Å². The maximum Gasteiger partial charge on any atom is 0.212 e. The predicted octanol–water partition coefficient (Wildman–Crippen LogP) is 1.68. The summed E-state index contributed by atoms with van der Waals surface area (Å²) in [6.45, 7) is 1.62. The lowest BCUT2D eigenvalue weighted by atomic mass is 10.3. The molecule has 0 aliphatic heterocycles. The molecule has 0 saturated heterocycles. The van der Waals surface area contributed by atoms with E-state index in [4.69, 9.17) is 4.74 Å². The van der Waals surface area contributed by atoms with Gasteiger partial charge in [-0.05, 0) is 18.6 Å². The van der Waals surface area contributed by atoms with Gasteiger partial charge in [0, 0.05) is 6.07 Å². The molecule has 4 nitrogen and oxygen atoms in total. The van der Waals surface area contributed by atoms with Crippen LogP contribution in [0.1, 0.15) is 13.3 Å². The smallest absolute Gasteiger partial charge is 0.212 e. The number of sulfonamides is 1. The molecule has 1 N–H and O–H groups in total. The van der Waals surface area contributed by atoms with Gasteiger partial charge in [-0.1, -0.05) is 18.8 Å². The highest BCUT2D eigenvalue weighted by atomic mass is 32.2. The number of halogens is 2. The number of hydrogen-bond donors (Lipinski definition) is 1. The van der Waals surface area contributed by atoms with Crippen LogP contribution in [-0.2, 0) is 10.0 Å². The fourth-order valence-electron chi connectivity index (χ4n) is 1.31. The van der Waals surface area contributed by atoms with E-state index in [1.54, 1.807) is 6.92 Å². The Balaban J connectivity index is 2.37. The molecule has 7 heteroatoms. The SMILES string of the molecule is CCCS(=O)(=O)NCC#CCOc1ccc(F)cc1F. The van der Waals surface area contributed by atoms with E-state index < -0.39 is 21.7 Å². The second kappa shape index (κ2) is 7.82. The third-order valence-electron chi connectivity index (χ3n) is 2.17. The Kier molecular flexibility index (Phi) is 6.42. The summed E-state index contributed by atoms with van der Waals surface area (Å²) in [5.74, 6) is 3.51. The van der Waals surface area contributed by atoms with E-state index in [0.717, 1.165) is 12.1 Å². The van der Waals surface area contributed by atoms with Gasteiger partial charge in [0.2, 0.25) is 10.0 Å². The van der Waals surface area contributed by atoms with Gasteiger partial charge in [-0.25, -0.2) is 21.9 Å². The first kappa shape index (κ1) is 16.4. The molecule has 0 heterocycles. The van der Waals surface area contributed by atoms with E-state index in [2.05, 4.69) is 16.6 Å². The van der Waals surface area contributed by atoms with Crippen LogP contribution in [0, 0.1) is 23.5 Å². The van der Waals surface area contributed by atoms with E-state index in [1.165, 1.54) is 0 Å². The van der Waals surface area contributed by atoms with Gasteiger partial charge in [0.25, 0.3) is 0 Å². The van der Waals surface area contributed by atoms with Crippen LogP contribution in [0.4, 0.5) is 8.78 Å². The van der Waals surface area contributed by atoms with Crippen LogP contribution in [0.3, 0.4) is 0 Å². The fourth-order valence-corrected chi connectivity index (χ4v) is 2.28. The second-order valence-corrected chi connectivity index (χ2v) is 5.78. The first-order chi connectivity index (χ1) is 9.44. The molecule has 20 heavy (non-hydrogen) atoms. The average molecular weight is 303 g/mol. The molecular weight excluding hydrogens is 288 g/mol. The summed E-state index contributed by atoms with van der Waals surface area (Å²) >= 11 is 0. The number of rotatable bonds is 6. The highest BCUT2D eigenvalue weighted by molar-refractivity contribution is 7.89. The molecule has 0 fully saturated rings. The molecule has 1 aromatic carbocycles. The van der Waals surface area contributed by atoms with Crippen molar-refractivity contribution in [1.29, 1.82) is 0 Å². The van der Waals surface area contributed by atoms with E-state index in [1.807, 2.05) is 0 Å². The Morgan fingerprint density at radius 3 is 2.70 bits per heavy atom. The van der Waals surface area contributed by atoms with Crippen molar-refractivity contribution >= 4 is 10.0 Å². The molecule has 0 spiro atoms. The molecule has 0 aliphatic carbocycles. The van der Waals surface area contributed by atoms with Gasteiger partial charge in [0.05, 0.1) is 12.3 Å². The summed E-state index contributed by atoms with van der Waals surface area (Å²) < 4.78 is 55.6. The van der Waals surface area contributed by atoms with Crippen molar-refractivity contribution in [2.75, 3.05) is 18.9 Å². The minimum atomic E-state index is -3.28. The third kappa shape index (κ3) is 5.99. The van der Waals surface area contributed by atoms with Crippen LogP contribution in [-0.4, -0.2) is 27.3 Å². The summed E-state index contributed by atoms with van der Waals surface area (Å²) in [6, 6.07) is 2.95. The Bertz CT molecular complexity index is 606. The molecule has 0 saturated carbocycles. The summed E-state index contributed by atoms with van der Waals surface area (Å²) in [6.07, 6.45) is 0.524. The van der Waals surface area contributed by atoms with Crippen molar-refractivity contribution in [3.8, 4) is 17.6 Å². The molecule has 0 atom stereocenters. The fraction of sp³-hybridized carbons (Fsp3) is 0.385. The molecule has 1 aromatic rings. The first-order valence-electron chi connectivity index (χ1n) is 5.95. The Morgan fingerprint density at radius 1 is 1.30 bits per heavy atom. The topological polar surface area (TPSA) is 55.4 Å². The number of ether oxygens (including phenoxy) is 1. The summed E-state index contributed by atoms with van der Waals surface area (Å²) in [5, 5.41) is 0. The monoisotopic (exact) mass is 303 g/mol. The lowest BCUT2D eigenvalue weighted by Crippen LogP contribution is -2.26. The molecule has 0 unspecified atom stereocenters. The van der Waals surface area contributed by atoms with E-state index in [9.17, 15) is 17.2 Å². The zero-order valence-electron chi connectivity index (χ0n) is 10.9. The molecule has 1 rings (SSSR count). The maximum absolute atomic E-state index is 13.2. The van der Waals surface area contributed by atoms with E-state index in [-0.39, 0.29) is 24.7 Å². The van der Waals surface area contributed by atoms with E-state index >= 15 is 0 Å². The molecular formula is C13H15F2NO3S. The highest BCUT2D eigenvalue weighted by Crippen LogP contribution is 2.16. The van der Waals surface area contributed by atoms with Crippen LogP contribution in [0.2, 0.25) is 0 Å². The lowest BCUT2D eigenvalue weighted by Gasteiger charge is -2.03. The van der Waals surface area contributed by atoms with Crippen LogP contribution >= 0.6 is 0 Å². The predicted molar refractivity (Wildman–Crippen MR) is 71.7 cm³/mol. The molecule has 0 amide bonds. The zero-order valence-corrected chi connectivity index (χ0v) is 11.8. The van der Waals surface area contributed by atoms with Gasteiger partial charge in [-0.2, -0.15) is 0 Å². The van der Waals surface area contributed by atoms with Gasteiger partial charge in [-0.3, -0.25) is 0 Å². The summed E-state index contributed by atoms with van der Waals surface area (Å²) in [4.78, 5) is 0. The van der Waals surface area contributed by atoms with Gasteiger partial charge in [-0.15, -0.1) is 0 Å². The van der Waals surface area contributed by atoms with Crippen LogP contribution in [0.15, 0.2) is 18.2 Å². The maximum atomic E-state index is 13.2. The van der Waals surface area contributed by atoms with Crippen molar-refractivity contribution < 1.29 is 21.9 Å². The normalized spacial score (nSPS) is 10.8. The van der Waals surface area contributed by atoms with Crippen LogP contribution in [0.5, 0.6) is 5.75 Å². The Hall–Kier alpha value is -1.65. The van der Waals surface area contributed by atoms with Gasteiger partial charge < -0.3 is 4.74 Å². The quantitative estimate of drug-likeness (QED) is 0.814. The van der Waals surface area contributed by atoms with Crippen molar-refractivity contribution in [2.45, 2.75) is 13.3 Å². The molecule has 0 aliphatic rings. The average Bonchev–Trinajstić information content (AvgIpc) is 2.35. The van der Waals surface area contributed by atoms with Crippen molar-refractivity contribution in [3.05, 3.63) is 29.8 Å². The molecule has 0 aromatic heterocycles. The van der Waals surface area contributed by atoms with Gasteiger partial charge >= 0.3 is 0 Å². The zero-order chi connectivity index (χ0) is 15.0. The standard InChI is InChI=1S/C13H15F2NO3S/c1-2-9-20(17,18)16-7-3-4-8-19-13-6-5-11(14)10-12(13)15/h5-6,10,16H,2,7-9H2,1H3. The lowest BCUT2D eigenvalue weighted by molar-refractivity contribution is 0.346. The van der Waals surface area contributed by atoms with Crippen LogP contribution < -0.4 is 9.46 Å². The van der Waals surface area contributed by atoms with Crippen molar-refractivity contribution in [2.24, 2.45) is 0 Å². The van der Waals surface area contributed by atoms with Crippen LogP contribution in [0.25, 0.3) is 0 Å². The number of hydrogen-bond acceptors (Lipinski definition) is 3. The third-order valence-corrected chi connectivity index (χ3v) is 3.70. The van der Waals surface area contributed by atoms with E-state index in [0.29, 0.717) is 12.5 Å². The minimum Gasteiger partial charge on any atom is -0.478 e. The summed E-state index contributed by atoms with van der Waals surface area (Å²) in [7, 11) is -3.28. The highest BCUT2D eigenvalue weighted by Gasteiger charge is 2.05. The number of benzene rings is 1. The van der Waals surface area contributed by atoms with Crippen molar-refractivity contribution in [1.82, 2.24) is 4.72 Å². The van der Waals surface area contributed by atoms with Gasteiger partial charge in [0.15, 0.2) is 11.6 Å². The van der Waals surface area contributed by atoms with Crippen molar-refractivity contribution in [3.63, 3.8) is 0 Å². The first-order valence-corrected chi connectivity index (χ1v) is 7.60. The summed E-state index contributed by atoms with van der Waals surface area (Å²) in [5.41, 5.74) is 0. The second-order valence-electron chi connectivity index (χ2n) is 3.86. The largest absolute Gasteiger partial charge is 0.478 e. The molecule has 110 valence electrons. The van der Waals surface area contributed by atoms with Gasteiger partial charge in [0.1, 0.15) is 12.4 Å².